The Morgan fingerprint density at radius 1 is 1.41 bits per heavy atom. The van der Waals surface area contributed by atoms with Crippen molar-refractivity contribution in [3.8, 4) is 0 Å². The van der Waals surface area contributed by atoms with Gasteiger partial charge in [0.25, 0.3) is 6.43 Å². The Bertz CT molecular complexity index is 239. The van der Waals surface area contributed by atoms with Crippen LogP contribution in [0, 0.1) is 0 Å². The Labute approximate surface area is 99.3 Å². The number of rotatable bonds is 6. The summed E-state index contributed by atoms with van der Waals surface area (Å²) in [6.07, 6.45) is 0.496. The van der Waals surface area contributed by atoms with E-state index < -0.39 is 19.1 Å². The molecule has 0 aromatic carbocycles. The molecule has 2 atom stereocenters. The Hall–Kier alpha value is -0.750. The maximum atomic E-state index is 11.7. The van der Waals surface area contributed by atoms with Crippen molar-refractivity contribution in [2.45, 2.75) is 50.7 Å². The van der Waals surface area contributed by atoms with Crippen molar-refractivity contribution in [2.75, 3.05) is 13.2 Å². The first-order valence-electron chi connectivity index (χ1n) is 5.93. The second-order valence-electron chi connectivity index (χ2n) is 4.24. The first-order chi connectivity index (χ1) is 8.09. The van der Waals surface area contributed by atoms with Crippen LogP contribution in [-0.2, 0) is 9.53 Å². The molecule has 0 aromatic heterocycles. The lowest BCUT2D eigenvalue weighted by molar-refractivity contribution is -0.124. The molecule has 100 valence electrons. The highest BCUT2D eigenvalue weighted by Crippen LogP contribution is 2.18. The third-order valence-corrected chi connectivity index (χ3v) is 2.79. The average molecular weight is 251 g/mol. The highest BCUT2D eigenvalue weighted by Gasteiger charge is 2.24. The number of hydrogen-bond donors (Lipinski definition) is 2. The molecule has 1 fully saturated rings. The van der Waals surface area contributed by atoms with E-state index in [-0.39, 0.29) is 25.0 Å². The Morgan fingerprint density at radius 2 is 2.12 bits per heavy atom. The summed E-state index contributed by atoms with van der Waals surface area (Å²) in [4.78, 5) is 11.4. The van der Waals surface area contributed by atoms with E-state index in [2.05, 4.69) is 10.1 Å². The fraction of sp³-hybridized carbons (Fsp3) is 0.909. The molecule has 0 aromatic rings. The molecule has 2 unspecified atom stereocenters. The number of carbonyl (C=O) groups excluding carboxylic acids is 1. The third kappa shape index (κ3) is 5.93. The standard InChI is InChI=1S/C11H19F2NO3/c12-10(13)7-17-6-5-11(16)14-8-3-1-2-4-9(8)15/h8-10,15H,1-7H2,(H,14,16). The van der Waals surface area contributed by atoms with Crippen molar-refractivity contribution < 1.29 is 23.4 Å². The molecule has 1 saturated carbocycles. The minimum Gasteiger partial charge on any atom is -0.391 e. The predicted molar refractivity (Wildman–Crippen MR) is 57.8 cm³/mol. The van der Waals surface area contributed by atoms with Crippen molar-refractivity contribution >= 4 is 5.91 Å². The van der Waals surface area contributed by atoms with Gasteiger partial charge in [-0.1, -0.05) is 12.8 Å². The number of carbonyl (C=O) groups is 1. The summed E-state index contributed by atoms with van der Waals surface area (Å²) >= 11 is 0. The molecule has 0 heterocycles. The molecular formula is C11H19F2NO3. The molecule has 6 heteroatoms. The van der Waals surface area contributed by atoms with E-state index in [0.29, 0.717) is 6.42 Å². The highest BCUT2D eigenvalue weighted by atomic mass is 19.3. The number of nitrogens with one attached hydrogen (secondary N) is 1. The fourth-order valence-electron chi connectivity index (χ4n) is 1.90. The number of halogens is 2. The Balaban J connectivity index is 2.11. The molecule has 0 spiro atoms. The zero-order valence-corrected chi connectivity index (χ0v) is 9.70. The zero-order chi connectivity index (χ0) is 12.7. The number of aliphatic hydroxyl groups excluding tert-OH is 1. The summed E-state index contributed by atoms with van der Waals surface area (Å²) in [7, 11) is 0. The van der Waals surface area contributed by atoms with Gasteiger partial charge in [0.2, 0.25) is 5.91 Å². The largest absolute Gasteiger partial charge is 0.391 e. The van der Waals surface area contributed by atoms with Crippen LogP contribution in [0.2, 0.25) is 0 Å². The van der Waals surface area contributed by atoms with Crippen molar-refractivity contribution in [3.05, 3.63) is 0 Å². The van der Waals surface area contributed by atoms with E-state index in [1.807, 2.05) is 0 Å². The quantitative estimate of drug-likeness (QED) is 0.694. The molecule has 0 radical (unpaired) electrons. The molecule has 2 N–H and O–H groups in total. The minimum atomic E-state index is -2.50. The van der Waals surface area contributed by atoms with Gasteiger partial charge in [-0.25, -0.2) is 8.78 Å². The first kappa shape index (κ1) is 14.3. The van der Waals surface area contributed by atoms with Gasteiger partial charge in [-0.15, -0.1) is 0 Å². The monoisotopic (exact) mass is 251 g/mol. The van der Waals surface area contributed by atoms with Crippen molar-refractivity contribution in [2.24, 2.45) is 0 Å². The van der Waals surface area contributed by atoms with Crippen LogP contribution in [-0.4, -0.2) is 42.8 Å². The van der Waals surface area contributed by atoms with Crippen molar-refractivity contribution in [1.29, 1.82) is 0 Å². The number of ether oxygens (including phenoxy) is 1. The van der Waals surface area contributed by atoms with Crippen LogP contribution in [0.3, 0.4) is 0 Å². The van der Waals surface area contributed by atoms with Gasteiger partial charge in [0.15, 0.2) is 0 Å². The molecule has 1 aliphatic rings. The van der Waals surface area contributed by atoms with Gasteiger partial charge in [-0.05, 0) is 12.8 Å². The van der Waals surface area contributed by atoms with Gasteiger partial charge in [-0.3, -0.25) is 4.79 Å². The topological polar surface area (TPSA) is 58.6 Å². The fourth-order valence-corrected chi connectivity index (χ4v) is 1.90. The number of alkyl halides is 2. The Morgan fingerprint density at radius 3 is 2.76 bits per heavy atom. The molecule has 17 heavy (non-hydrogen) atoms. The molecule has 0 bridgehead atoms. The third-order valence-electron chi connectivity index (χ3n) is 2.79. The maximum Gasteiger partial charge on any atom is 0.261 e. The molecule has 1 rings (SSSR count). The lowest BCUT2D eigenvalue weighted by Crippen LogP contribution is -2.45. The lowest BCUT2D eigenvalue weighted by atomic mass is 9.92. The molecule has 1 amide bonds. The van der Waals surface area contributed by atoms with Crippen molar-refractivity contribution in [3.63, 3.8) is 0 Å². The summed E-state index contributed by atoms with van der Waals surface area (Å²) in [5, 5.41) is 12.3. The van der Waals surface area contributed by atoms with Crippen LogP contribution in [0.4, 0.5) is 8.78 Å². The second kappa shape index (κ2) is 7.55. The van der Waals surface area contributed by atoms with Gasteiger partial charge in [0.05, 0.1) is 18.8 Å². The lowest BCUT2D eigenvalue weighted by Gasteiger charge is -2.28. The smallest absolute Gasteiger partial charge is 0.261 e. The van der Waals surface area contributed by atoms with Crippen LogP contribution in [0.1, 0.15) is 32.1 Å². The molecule has 1 aliphatic carbocycles. The highest BCUT2D eigenvalue weighted by molar-refractivity contribution is 5.76. The van der Waals surface area contributed by atoms with Crippen LogP contribution in [0.25, 0.3) is 0 Å². The predicted octanol–water partition coefficient (Wildman–Crippen LogP) is 1.08. The summed E-state index contributed by atoms with van der Waals surface area (Å²) in [5.74, 6) is -0.259. The van der Waals surface area contributed by atoms with Gasteiger partial charge in [-0.2, -0.15) is 0 Å². The first-order valence-corrected chi connectivity index (χ1v) is 5.93. The van der Waals surface area contributed by atoms with Gasteiger partial charge >= 0.3 is 0 Å². The summed E-state index contributed by atoms with van der Waals surface area (Å²) < 4.78 is 28.1. The molecular weight excluding hydrogens is 232 g/mol. The van der Waals surface area contributed by atoms with Crippen LogP contribution in [0.15, 0.2) is 0 Å². The van der Waals surface area contributed by atoms with E-state index in [0.717, 1.165) is 19.3 Å². The molecule has 0 aliphatic heterocycles. The van der Waals surface area contributed by atoms with E-state index in [4.69, 9.17) is 0 Å². The summed E-state index contributed by atoms with van der Waals surface area (Å²) in [5.41, 5.74) is 0. The molecule has 0 saturated heterocycles. The van der Waals surface area contributed by atoms with Crippen LogP contribution in [0.5, 0.6) is 0 Å². The number of hydrogen-bond acceptors (Lipinski definition) is 3. The zero-order valence-electron chi connectivity index (χ0n) is 9.70. The SMILES string of the molecule is O=C(CCOCC(F)F)NC1CCCCC1O. The molecule has 4 nitrogen and oxygen atoms in total. The van der Waals surface area contributed by atoms with E-state index >= 15 is 0 Å². The maximum absolute atomic E-state index is 11.7. The van der Waals surface area contributed by atoms with E-state index in [1.165, 1.54) is 0 Å². The second-order valence-corrected chi connectivity index (χ2v) is 4.24. The summed E-state index contributed by atoms with van der Waals surface area (Å²) in [6.45, 7) is -0.654. The average Bonchev–Trinajstić information content (AvgIpc) is 2.27. The summed E-state index contributed by atoms with van der Waals surface area (Å²) in [6, 6.07) is -0.202. The van der Waals surface area contributed by atoms with Gasteiger partial charge in [0, 0.05) is 6.42 Å². The number of aliphatic hydroxyl groups is 1. The van der Waals surface area contributed by atoms with E-state index in [9.17, 15) is 18.7 Å². The van der Waals surface area contributed by atoms with E-state index in [1.54, 1.807) is 0 Å². The Kier molecular flexibility index (Phi) is 6.36. The van der Waals surface area contributed by atoms with Gasteiger partial charge < -0.3 is 15.2 Å². The van der Waals surface area contributed by atoms with Crippen LogP contribution < -0.4 is 5.32 Å². The normalized spacial score (nSPS) is 24.9. The van der Waals surface area contributed by atoms with Crippen molar-refractivity contribution in [1.82, 2.24) is 5.32 Å². The minimum absolute atomic E-state index is 0.0149. The number of amides is 1. The van der Waals surface area contributed by atoms with Gasteiger partial charge in [0.1, 0.15) is 6.61 Å². The van der Waals surface area contributed by atoms with Crippen LogP contribution >= 0.6 is 0 Å².